The lowest BCUT2D eigenvalue weighted by molar-refractivity contribution is -0.140. The van der Waals surface area contributed by atoms with Gasteiger partial charge in [-0.1, -0.05) is 48.5 Å². The summed E-state index contributed by atoms with van der Waals surface area (Å²) in [6.07, 6.45) is 2.23. The molecule has 4 rings (SSSR count). The standard InChI is InChI=1S/C26H30N6O3/c27-15-25(34)32-13-12-28-17-23(32)26(35)31-22(18-6-2-1-3-7-18)10-11-24(33)30-20-14-19-8-4-5-9-21(19)29-16-20/h1-9,14,16,22-23,28H,10-13,15,17,27H2,(H,30,33)(H,31,35). The summed E-state index contributed by atoms with van der Waals surface area (Å²) in [5, 5.41) is 10.0. The van der Waals surface area contributed by atoms with Gasteiger partial charge in [0.05, 0.1) is 30.0 Å². The van der Waals surface area contributed by atoms with E-state index >= 15 is 0 Å². The van der Waals surface area contributed by atoms with E-state index in [1.54, 1.807) is 6.20 Å². The van der Waals surface area contributed by atoms with Gasteiger partial charge in [0.25, 0.3) is 0 Å². The lowest BCUT2D eigenvalue weighted by atomic mass is 10.0. The van der Waals surface area contributed by atoms with Crippen molar-refractivity contribution in [2.24, 2.45) is 5.73 Å². The van der Waals surface area contributed by atoms with Crippen LogP contribution in [0.3, 0.4) is 0 Å². The first-order valence-electron chi connectivity index (χ1n) is 11.8. The molecule has 1 aliphatic heterocycles. The van der Waals surface area contributed by atoms with Crippen LogP contribution in [0.25, 0.3) is 10.9 Å². The SMILES string of the molecule is NCC(=O)N1CCNCC1C(=O)NC(CCC(=O)Nc1cnc2ccccc2c1)c1ccccc1. The summed E-state index contributed by atoms with van der Waals surface area (Å²) in [5.41, 5.74) is 7.91. The van der Waals surface area contributed by atoms with E-state index in [-0.39, 0.29) is 36.7 Å². The van der Waals surface area contributed by atoms with Gasteiger partial charge in [0.2, 0.25) is 17.7 Å². The average molecular weight is 475 g/mol. The van der Waals surface area contributed by atoms with Crippen molar-refractivity contribution < 1.29 is 14.4 Å². The number of nitrogens with two attached hydrogens (primary N) is 1. The monoisotopic (exact) mass is 474 g/mol. The normalized spacial score (nSPS) is 16.5. The van der Waals surface area contributed by atoms with E-state index in [1.165, 1.54) is 4.90 Å². The van der Waals surface area contributed by atoms with Crippen molar-refractivity contribution in [1.29, 1.82) is 0 Å². The highest BCUT2D eigenvalue weighted by Crippen LogP contribution is 2.21. The molecule has 9 heteroatoms. The minimum atomic E-state index is -0.650. The van der Waals surface area contributed by atoms with Gasteiger partial charge in [-0.25, -0.2) is 0 Å². The summed E-state index contributed by atoms with van der Waals surface area (Å²) in [6.45, 7) is 1.25. The van der Waals surface area contributed by atoms with Crippen LogP contribution in [0.15, 0.2) is 66.9 Å². The molecule has 3 aromatic rings. The largest absolute Gasteiger partial charge is 0.347 e. The van der Waals surface area contributed by atoms with Crippen molar-refractivity contribution in [2.45, 2.75) is 24.9 Å². The minimum absolute atomic E-state index is 0.143. The molecule has 1 aliphatic rings. The van der Waals surface area contributed by atoms with Crippen LogP contribution in [-0.4, -0.2) is 59.8 Å². The topological polar surface area (TPSA) is 129 Å². The number of piperazine rings is 1. The number of rotatable bonds is 8. The number of fused-ring (bicyclic) bond motifs is 1. The van der Waals surface area contributed by atoms with Gasteiger partial charge in [0.1, 0.15) is 6.04 Å². The van der Waals surface area contributed by atoms with Gasteiger partial charge >= 0.3 is 0 Å². The third-order valence-corrected chi connectivity index (χ3v) is 6.09. The number of pyridine rings is 1. The molecule has 1 saturated heterocycles. The predicted octanol–water partition coefficient (Wildman–Crippen LogP) is 1.57. The summed E-state index contributed by atoms with van der Waals surface area (Å²) >= 11 is 0. The lowest BCUT2D eigenvalue weighted by Crippen LogP contribution is -2.60. The van der Waals surface area contributed by atoms with Crippen LogP contribution < -0.4 is 21.7 Å². The second-order valence-electron chi connectivity index (χ2n) is 8.49. The van der Waals surface area contributed by atoms with Gasteiger partial charge < -0.3 is 26.6 Å². The Labute approximate surface area is 204 Å². The molecule has 0 spiro atoms. The minimum Gasteiger partial charge on any atom is -0.347 e. The fourth-order valence-electron chi connectivity index (χ4n) is 4.27. The highest BCUT2D eigenvalue weighted by molar-refractivity contribution is 5.93. The first kappa shape index (κ1) is 24.3. The molecule has 0 radical (unpaired) electrons. The molecule has 182 valence electrons. The van der Waals surface area contributed by atoms with Crippen LogP contribution in [0.5, 0.6) is 0 Å². The zero-order valence-corrected chi connectivity index (χ0v) is 19.4. The van der Waals surface area contributed by atoms with E-state index in [2.05, 4.69) is 20.9 Å². The molecule has 0 saturated carbocycles. The van der Waals surface area contributed by atoms with Crippen LogP contribution in [0.4, 0.5) is 5.69 Å². The van der Waals surface area contributed by atoms with Gasteiger partial charge in [-0.3, -0.25) is 19.4 Å². The molecule has 0 bridgehead atoms. The van der Waals surface area contributed by atoms with E-state index in [9.17, 15) is 14.4 Å². The van der Waals surface area contributed by atoms with E-state index in [0.29, 0.717) is 31.7 Å². The summed E-state index contributed by atoms with van der Waals surface area (Å²) in [6, 6.07) is 18.1. The molecular formula is C26H30N6O3. The maximum Gasteiger partial charge on any atom is 0.244 e. The van der Waals surface area contributed by atoms with Crippen molar-refractivity contribution in [3.05, 3.63) is 72.4 Å². The molecule has 1 aromatic heterocycles. The molecule has 2 atom stereocenters. The van der Waals surface area contributed by atoms with Gasteiger partial charge in [0, 0.05) is 31.4 Å². The number of anilines is 1. The van der Waals surface area contributed by atoms with Crippen LogP contribution in [0, 0.1) is 0 Å². The first-order chi connectivity index (χ1) is 17.0. The van der Waals surface area contributed by atoms with Gasteiger partial charge in [-0.2, -0.15) is 0 Å². The van der Waals surface area contributed by atoms with Crippen LogP contribution in [-0.2, 0) is 14.4 Å². The quantitative estimate of drug-likeness (QED) is 0.392. The Bertz CT molecular complexity index is 1190. The van der Waals surface area contributed by atoms with E-state index in [4.69, 9.17) is 5.73 Å². The molecule has 2 heterocycles. The Balaban J connectivity index is 1.42. The summed E-state index contributed by atoms with van der Waals surface area (Å²) < 4.78 is 0. The van der Waals surface area contributed by atoms with Gasteiger partial charge in [-0.05, 0) is 24.1 Å². The molecule has 1 fully saturated rings. The number of carbonyl (C=O) groups is 3. The number of hydrogen-bond acceptors (Lipinski definition) is 6. The third-order valence-electron chi connectivity index (χ3n) is 6.09. The van der Waals surface area contributed by atoms with Crippen molar-refractivity contribution in [3.63, 3.8) is 0 Å². The Morgan fingerprint density at radius 1 is 1.11 bits per heavy atom. The molecule has 2 aromatic carbocycles. The smallest absolute Gasteiger partial charge is 0.244 e. The van der Waals surface area contributed by atoms with Crippen molar-refractivity contribution in [2.75, 3.05) is 31.5 Å². The first-order valence-corrected chi connectivity index (χ1v) is 11.8. The maximum atomic E-state index is 13.2. The third kappa shape index (κ3) is 6.20. The zero-order valence-electron chi connectivity index (χ0n) is 19.4. The Morgan fingerprint density at radius 3 is 2.69 bits per heavy atom. The molecule has 2 unspecified atom stereocenters. The van der Waals surface area contributed by atoms with Gasteiger partial charge in [0.15, 0.2) is 0 Å². The number of hydrogen-bond donors (Lipinski definition) is 4. The van der Waals surface area contributed by atoms with E-state index in [1.807, 2.05) is 60.7 Å². The highest BCUT2D eigenvalue weighted by Gasteiger charge is 2.32. The number of nitrogens with one attached hydrogen (secondary N) is 3. The Kier molecular flexibility index (Phi) is 8.02. The number of benzene rings is 2. The van der Waals surface area contributed by atoms with Crippen LogP contribution in [0.2, 0.25) is 0 Å². The summed E-state index contributed by atoms with van der Waals surface area (Å²) in [7, 11) is 0. The van der Waals surface area contributed by atoms with Crippen LogP contribution >= 0.6 is 0 Å². The molecule has 3 amide bonds. The zero-order chi connectivity index (χ0) is 24.6. The molecule has 9 nitrogen and oxygen atoms in total. The number of carbonyl (C=O) groups excluding carboxylic acids is 3. The molecular weight excluding hydrogens is 444 g/mol. The molecule has 35 heavy (non-hydrogen) atoms. The fraction of sp³-hybridized carbons (Fsp3) is 0.308. The van der Waals surface area contributed by atoms with Crippen molar-refractivity contribution in [1.82, 2.24) is 20.5 Å². The fourth-order valence-corrected chi connectivity index (χ4v) is 4.27. The predicted molar refractivity (Wildman–Crippen MR) is 134 cm³/mol. The highest BCUT2D eigenvalue weighted by atomic mass is 16.2. The Hall–Kier alpha value is -3.82. The lowest BCUT2D eigenvalue weighted by Gasteiger charge is -2.36. The maximum absolute atomic E-state index is 13.2. The number of nitrogens with zero attached hydrogens (tertiary/aromatic N) is 2. The van der Waals surface area contributed by atoms with Crippen LogP contribution in [0.1, 0.15) is 24.4 Å². The molecule has 5 N–H and O–H groups in total. The number of para-hydroxylation sites is 1. The second-order valence-corrected chi connectivity index (χ2v) is 8.49. The van der Waals surface area contributed by atoms with E-state index in [0.717, 1.165) is 16.5 Å². The average Bonchev–Trinajstić information content (AvgIpc) is 2.90. The molecule has 0 aliphatic carbocycles. The summed E-state index contributed by atoms with van der Waals surface area (Å²) in [4.78, 5) is 44.0. The van der Waals surface area contributed by atoms with E-state index < -0.39 is 6.04 Å². The number of aromatic nitrogens is 1. The number of amides is 3. The summed E-state index contributed by atoms with van der Waals surface area (Å²) in [5.74, 6) is -0.699. The van der Waals surface area contributed by atoms with Crippen molar-refractivity contribution in [3.8, 4) is 0 Å². The van der Waals surface area contributed by atoms with Crippen molar-refractivity contribution >= 4 is 34.3 Å². The Morgan fingerprint density at radius 2 is 1.89 bits per heavy atom. The van der Waals surface area contributed by atoms with Gasteiger partial charge in [-0.15, -0.1) is 0 Å². The second kappa shape index (κ2) is 11.5.